The molecule has 0 amide bonds. The third-order valence-corrected chi connectivity index (χ3v) is 6.68. The summed E-state index contributed by atoms with van der Waals surface area (Å²) in [6.07, 6.45) is 8.67. The number of halogens is 2. The van der Waals surface area contributed by atoms with Gasteiger partial charge in [0.1, 0.15) is 18.0 Å². The van der Waals surface area contributed by atoms with Gasteiger partial charge in [0.2, 0.25) is 0 Å². The fourth-order valence-electron chi connectivity index (χ4n) is 4.39. The maximum absolute atomic E-state index is 14.6. The molecule has 0 radical (unpaired) electrons. The molecule has 7 nitrogen and oxygen atoms in total. The van der Waals surface area contributed by atoms with Crippen molar-refractivity contribution in [1.29, 1.82) is 0 Å². The fourth-order valence-corrected chi connectivity index (χ4v) is 4.74. The highest BCUT2D eigenvalue weighted by Crippen LogP contribution is 2.33. The smallest absolute Gasteiger partial charge is 0.182 e. The molecule has 3 N–H and O–H groups in total. The number of anilines is 1. The van der Waals surface area contributed by atoms with Crippen molar-refractivity contribution in [3.05, 3.63) is 90.1 Å². The van der Waals surface area contributed by atoms with Crippen LogP contribution in [0.4, 0.5) is 14.5 Å². The van der Waals surface area contributed by atoms with Gasteiger partial charge in [-0.3, -0.25) is 4.98 Å². The minimum absolute atomic E-state index is 0.288. The van der Waals surface area contributed by atoms with Gasteiger partial charge in [-0.1, -0.05) is 11.9 Å². The molecule has 0 bridgehead atoms. The molecule has 5 rings (SSSR count). The van der Waals surface area contributed by atoms with Gasteiger partial charge in [0.05, 0.1) is 11.7 Å². The number of rotatable bonds is 7. The lowest BCUT2D eigenvalue weighted by Gasteiger charge is -2.21. The number of nitrogens with zero attached hydrogens (tertiary/aromatic N) is 4. The Labute approximate surface area is 217 Å². The Morgan fingerprint density at radius 2 is 1.92 bits per heavy atom. The number of nitrogens with two attached hydrogens (primary N) is 1. The van der Waals surface area contributed by atoms with Crippen LogP contribution in [0.5, 0.6) is 0 Å². The molecular formula is C27H26F2N6OS. The van der Waals surface area contributed by atoms with Crippen LogP contribution < -0.4 is 10.5 Å². The first-order valence-corrected chi connectivity index (χ1v) is 13.1. The summed E-state index contributed by atoms with van der Waals surface area (Å²) in [6.45, 7) is 1.46. The maximum Gasteiger partial charge on any atom is 0.182 e. The molecular weight excluding hydrogens is 494 g/mol. The van der Waals surface area contributed by atoms with Gasteiger partial charge in [-0.15, -0.1) is 0 Å². The lowest BCUT2D eigenvalue weighted by Crippen LogP contribution is -2.19. The molecule has 10 heteroatoms. The van der Waals surface area contributed by atoms with E-state index in [0.29, 0.717) is 28.2 Å². The van der Waals surface area contributed by atoms with E-state index in [-0.39, 0.29) is 6.04 Å². The Balaban J connectivity index is 1.45. The summed E-state index contributed by atoms with van der Waals surface area (Å²) in [6, 6.07) is 13.1. The number of hydrogen-bond acceptors (Lipinski definition) is 7. The average molecular weight is 521 g/mol. The second-order valence-electron chi connectivity index (χ2n) is 8.63. The number of hydrogen-bond donors (Lipinski definition) is 2. The average Bonchev–Trinajstić information content (AvgIpc) is 3.41. The molecule has 37 heavy (non-hydrogen) atoms. The van der Waals surface area contributed by atoms with E-state index in [1.807, 2.05) is 35.2 Å². The van der Waals surface area contributed by atoms with E-state index in [9.17, 15) is 8.78 Å². The van der Waals surface area contributed by atoms with Gasteiger partial charge in [0.15, 0.2) is 5.82 Å². The van der Waals surface area contributed by atoms with Crippen molar-refractivity contribution in [2.45, 2.75) is 18.9 Å². The van der Waals surface area contributed by atoms with Crippen LogP contribution in [0.15, 0.2) is 67.3 Å². The van der Waals surface area contributed by atoms with Crippen LogP contribution in [0.3, 0.4) is 0 Å². The molecule has 190 valence electrons. The van der Waals surface area contributed by atoms with Crippen LogP contribution in [0.1, 0.15) is 30.1 Å². The third kappa shape index (κ3) is 5.50. The zero-order valence-corrected chi connectivity index (χ0v) is 21.0. The SMILES string of the molecule is CSNc1cc(C(=CN)c2ccc(-c3ncn(C4CCOCC4)n3)cn2)cc(-c2ccc(F)cc2F)c1. The van der Waals surface area contributed by atoms with Crippen LogP contribution in [0, 0.1) is 11.6 Å². The molecule has 3 heterocycles. The van der Waals surface area contributed by atoms with Gasteiger partial charge in [-0.2, -0.15) is 5.10 Å². The van der Waals surface area contributed by atoms with Gasteiger partial charge in [0, 0.05) is 60.3 Å². The zero-order valence-electron chi connectivity index (χ0n) is 20.2. The number of ether oxygens (including phenoxy) is 1. The molecule has 0 atom stereocenters. The molecule has 1 aliphatic rings. The number of nitrogens with one attached hydrogen (secondary N) is 1. The highest BCUT2D eigenvalue weighted by molar-refractivity contribution is 7.99. The molecule has 4 aromatic rings. The summed E-state index contributed by atoms with van der Waals surface area (Å²) in [5.41, 5.74) is 10.5. The van der Waals surface area contributed by atoms with Crippen LogP contribution in [-0.4, -0.2) is 39.2 Å². The van der Waals surface area contributed by atoms with E-state index in [1.54, 1.807) is 18.6 Å². The second-order valence-corrected chi connectivity index (χ2v) is 9.25. The summed E-state index contributed by atoms with van der Waals surface area (Å²) in [5, 5.41) is 4.65. The lowest BCUT2D eigenvalue weighted by molar-refractivity contribution is 0.0662. The normalized spacial score (nSPS) is 14.6. The van der Waals surface area contributed by atoms with Gasteiger partial charge in [0.25, 0.3) is 0 Å². The molecule has 1 fully saturated rings. The van der Waals surface area contributed by atoms with E-state index in [4.69, 9.17) is 10.5 Å². The summed E-state index contributed by atoms with van der Waals surface area (Å²) in [7, 11) is 0. The lowest BCUT2D eigenvalue weighted by atomic mass is 9.96. The van der Waals surface area contributed by atoms with Crippen molar-refractivity contribution in [3.8, 4) is 22.5 Å². The zero-order chi connectivity index (χ0) is 25.8. The quantitative estimate of drug-likeness (QED) is 0.303. The Kier molecular flexibility index (Phi) is 7.47. The molecule has 0 saturated carbocycles. The predicted molar refractivity (Wildman–Crippen MR) is 143 cm³/mol. The van der Waals surface area contributed by atoms with Crippen LogP contribution in [-0.2, 0) is 4.74 Å². The fraction of sp³-hybridized carbons (Fsp3) is 0.222. The van der Waals surface area contributed by atoms with Gasteiger partial charge in [-0.25, -0.2) is 18.4 Å². The van der Waals surface area contributed by atoms with Crippen LogP contribution >= 0.6 is 11.9 Å². The first-order valence-electron chi connectivity index (χ1n) is 11.8. The van der Waals surface area contributed by atoms with Gasteiger partial charge < -0.3 is 15.2 Å². The summed E-state index contributed by atoms with van der Waals surface area (Å²) >= 11 is 1.41. The van der Waals surface area contributed by atoms with Crippen molar-refractivity contribution < 1.29 is 13.5 Å². The predicted octanol–water partition coefficient (Wildman–Crippen LogP) is 5.67. The van der Waals surface area contributed by atoms with Gasteiger partial charge in [-0.05, 0) is 66.4 Å². The minimum atomic E-state index is -0.638. The first kappa shape index (κ1) is 24.9. The van der Waals surface area contributed by atoms with E-state index < -0.39 is 11.6 Å². The number of benzene rings is 2. The summed E-state index contributed by atoms with van der Waals surface area (Å²) in [4.78, 5) is 9.09. The van der Waals surface area contributed by atoms with Crippen molar-refractivity contribution in [2.75, 3.05) is 24.2 Å². The Bertz CT molecular complexity index is 1420. The van der Waals surface area contributed by atoms with E-state index >= 15 is 0 Å². The standard InChI is InChI=1S/C27H26F2N6OS/c1-37-34-21-11-18(23-4-3-20(28)13-25(23)29)10-19(12-21)24(14-30)26-5-2-17(15-31-26)27-32-16-35(33-27)22-6-8-36-9-7-22/h2-5,10-16,22,34H,6-9,30H2,1H3. The molecule has 0 unspecified atom stereocenters. The van der Waals surface area contributed by atoms with Crippen LogP contribution in [0.25, 0.3) is 28.1 Å². The van der Waals surface area contributed by atoms with Crippen LogP contribution in [0.2, 0.25) is 0 Å². The molecule has 2 aromatic heterocycles. The summed E-state index contributed by atoms with van der Waals surface area (Å²) in [5.74, 6) is -0.663. The Morgan fingerprint density at radius 1 is 1.08 bits per heavy atom. The minimum Gasteiger partial charge on any atom is -0.404 e. The van der Waals surface area contributed by atoms with Crippen molar-refractivity contribution in [1.82, 2.24) is 19.7 Å². The topological polar surface area (TPSA) is 90.9 Å². The second kappa shape index (κ2) is 11.1. The Hall–Kier alpha value is -3.76. The molecule has 0 spiro atoms. The molecule has 1 saturated heterocycles. The Morgan fingerprint density at radius 3 is 2.62 bits per heavy atom. The highest BCUT2D eigenvalue weighted by Gasteiger charge is 2.18. The molecule has 0 aliphatic carbocycles. The monoisotopic (exact) mass is 520 g/mol. The van der Waals surface area contributed by atoms with Gasteiger partial charge >= 0.3 is 0 Å². The van der Waals surface area contributed by atoms with E-state index in [1.165, 1.54) is 30.3 Å². The number of pyridine rings is 1. The largest absolute Gasteiger partial charge is 0.404 e. The molecule has 2 aromatic carbocycles. The first-order chi connectivity index (χ1) is 18.1. The maximum atomic E-state index is 14.6. The summed E-state index contributed by atoms with van der Waals surface area (Å²) < 4.78 is 38.6. The van der Waals surface area contributed by atoms with Crippen molar-refractivity contribution in [2.24, 2.45) is 5.73 Å². The van der Waals surface area contributed by atoms with E-state index in [0.717, 1.165) is 48.9 Å². The number of aromatic nitrogens is 4. The van der Waals surface area contributed by atoms with Crippen molar-refractivity contribution in [3.63, 3.8) is 0 Å². The third-order valence-electron chi connectivity index (χ3n) is 6.24. The van der Waals surface area contributed by atoms with Crippen molar-refractivity contribution >= 4 is 23.2 Å². The van der Waals surface area contributed by atoms with E-state index in [2.05, 4.69) is 19.8 Å². The molecule has 1 aliphatic heterocycles. The highest BCUT2D eigenvalue weighted by atomic mass is 32.2.